The first-order valence-corrected chi connectivity index (χ1v) is 7.82. The van der Waals surface area contributed by atoms with E-state index in [0.29, 0.717) is 24.7 Å². The first kappa shape index (κ1) is 15.4. The Labute approximate surface area is 135 Å². The highest BCUT2D eigenvalue weighted by molar-refractivity contribution is 5.92. The number of amides is 1. The van der Waals surface area contributed by atoms with Gasteiger partial charge < -0.3 is 15.4 Å². The fraction of sp³-hybridized carbons (Fsp3) is 0.353. The lowest BCUT2D eigenvalue weighted by Gasteiger charge is -2.11. The summed E-state index contributed by atoms with van der Waals surface area (Å²) in [6.07, 6.45) is 3.76. The average molecular weight is 312 g/mol. The van der Waals surface area contributed by atoms with Crippen LogP contribution < -0.4 is 10.6 Å². The second-order valence-corrected chi connectivity index (χ2v) is 5.45. The lowest BCUT2D eigenvalue weighted by Crippen LogP contribution is -2.32. The molecule has 0 aliphatic carbocycles. The van der Waals surface area contributed by atoms with Crippen LogP contribution in [0, 0.1) is 0 Å². The highest BCUT2D eigenvalue weighted by Gasteiger charge is 2.17. The Kier molecular flexibility index (Phi) is 5.16. The van der Waals surface area contributed by atoms with Crippen molar-refractivity contribution in [1.29, 1.82) is 0 Å². The zero-order chi connectivity index (χ0) is 15.9. The van der Waals surface area contributed by atoms with E-state index in [9.17, 15) is 4.79 Å². The van der Waals surface area contributed by atoms with Gasteiger partial charge in [-0.15, -0.1) is 0 Å². The van der Waals surface area contributed by atoms with Crippen LogP contribution in [0.15, 0.2) is 42.6 Å². The minimum Gasteiger partial charge on any atom is -0.376 e. The summed E-state index contributed by atoms with van der Waals surface area (Å²) in [4.78, 5) is 20.5. The van der Waals surface area contributed by atoms with Crippen LogP contribution in [-0.4, -0.2) is 35.1 Å². The molecule has 0 bridgehead atoms. The van der Waals surface area contributed by atoms with Crippen LogP contribution in [0.25, 0.3) is 0 Å². The van der Waals surface area contributed by atoms with Crippen molar-refractivity contribution >= 4 is 11.9 Å². The quantitative estimate of drug-likeness (QED) is 0.853. The number of aromatic nitrogens is 2. The van der Waals surface area contributed by atoms with Gasteiger partial charge in [-0.1, -0.05) is 30.3 Å². The van der Waals surface area contributed by atoms with E-state index in [1.165, 1.54) is 0 Å². The zero-order valence-corrected chi connectivity index (χ0v) is 12.9. The van der Waals surface area contributed by atoms with E-state index in [-0.39, 0.29) is 12.0 Å². The molecule has 6 nitrogen and oxygen atoms in total. The topological polar surface area (TPSA) is 76.1 Å². The molecule has 120 valence electrons. The van der Waals surface area contributed by atoms with Crippen LogP contribution in [0.4, 0.5) is 5.95 Å². The number of nitrogens with zero attached hydrogens (tertiary/aromatic N) is 2. The SMILES string of the molecule is O=C(NCC1CCCO1)c1ccnc(NCc2ccccc2)n1. The molecule has 0 spiro atoms. The van der Waals surface area contributed by atoms with Crippen LogP contribution >= 0.6 is 0 Å². The summed E-state index contributed by atoms with van der Waals surface area (Å²) < 4.78 is 5.49. The Morgan fingerprint density at radius 3 is 2.91 bits per heavy atom. The Balaban J connectivity index is 1.54. The number of carbonyl (C=O) groups excluding carboxylic acids is 1. The lowest BCUT2D eigenvalue weighted by atomic mass is 10.2. The van der Waals surface area contributed by atoms with E-state index in [2.05, 4.69) is 20.6 Å². The molecule has 6 heteroatoms. The Morgan fingerprint density at radius 2 is 2.13 bits per heavy atom. The van der Waals surface area contributed by atoms with Crippen molar-refractivity contribution in [2.24, 2.45) is 0 Å². The molecule has 1 aliphatic rings. The third-order valence-electron chi connectivity index (χ3n) is 3.70. The number of ether oxygens (including phenoxy) is 1. The van der Waals surface area contributed by atoms with Crippen molar-refractivity contribution in [2.45, 2.75) is 25.5 Å². The molecule has 2 heterocycles. The van der Waals surface area contributed by atoms with Crippen molar-refractivity contribution in [3.05, 3.63) is 53.9 Å². The molecule has 1 unspecified atom stereocenters. The van der Waals surface area contributed by atoms with Crippen LogP contribution in [0.5, 0.6) is 0 Å². The molecule has 3 rings (SSSR count). The van der Waals surface area contributed by atoms with Gasteiger partial charge in [0.1, 0.15) is 5.69 Å². The monoisotopic (exact) mass is 312 g/mol. The second kappa shape index (κ2) is 7.69. The second-order valence-electron chi connectivity index (χ2n) is 5.45. The summed E-state index contributed by atoms with van der Waals surface area (Å²) in [6.45, 7) is 1.92. The number of benzene rings is 1. The van der Waals surface area contributed by atoms with Gasteiger partial charge >= 0.3 is 0 Å². The summed E-state index contributed by atoms with van der Waals surface area (Å²) in [5, 5.41) is 5.99. The maximum atomic E-state index is 12.1. The molecular formula is C17H20N4O2. The predicted molar refractivity (Wildman–Crippen MR) is 87.1 cm³/mol. The first-order chi connectivity index (χ1) is 11.3. The minimum absolute atomic E-state index is 0.122. The fourth-order valence-corrected chi connectivity index (χ4v) is 2.45. The van der Waals surface area contributed by atoms with Crippen LogP contribution in [0.1, 0.15) is 28.9 Å². The van der Waals surface area contributed by atoms with Gasteiger partial charge in [-0.25, -0.2) is 9.97 Å². The molecule has 1 saturated heterocycles. The Hall–Kier alpha value is -2.47. The van der Waals surface area contributed by atoms with Gasteiger partial charge in [-0.3, -0.25) is 4.79 Å². The standard InChI is InChI=1S/C17H20N4O2/c22-16(19-12-14-7-4-10-23-14)15-8-9-18-17(21-15)20-11-13-5-2-1-3-6-13/h1-3,5-6,8-9,14H,4,7,10-12H2,(H,19,22)(H,18,20,21). The molecule has 2 aromatic rings. The number of hydrogen-bond acceptors (Lipinski definition) is 5. The van der Waals surface area contributed by atoms with Gasteiger partial charge in [0.2, 0.25) is 5.95 Å². The number of carbonyl (C=O) groups is 1. The number of hydrogen-bond donors (Lipinski definition) is 2. The van der Waals surface area contributed by atoms with Gasteiger partial charge in [0, 0.05) is 25.9 Å². The molecule has 1 fully saturated rings. The van der Waals surface area contributed by atoms with Gasteiger partial charge in [0.25, 0.3) is 5.91 Å². The highest BCUT2D eigenvalue weighted by Crippen LogP contribution is 2.11. The number of anilines is 1. The summed E-state index contributed by atoms with van der Waals surface area (Å²) in [7, 11) is 0. The summed E-state index contributed by atoms with van der Waals surface area (Å²) in [5.41, 5.74) is 1.48. The summed E-state index contributed by atoms with van der Waals surface area (Å²) in [6, 6.07) is 11.6. The fourth-order valence-electron chi connectivity index (χ4n) is 2.45. The van der Waals surface area contributed by atoms with Crippen molar-refractivity contribution in [3.63, 3.8) is 0 Å². The average Bonchev–Trinajstić information content (AvgIpc) is 3.12. The van der Waals surface area contributed by atoms with Gasteiger partial charge in [0.05, 0.1) is 6.10 Å². The number of nitrogens with one attached hydrogen (secondary N) is 2. The maximum absolute atomic E-state index is 12.1. The van der Waals surface area contributed by atoms with E-state index in [1.807, 2.05) is 30.3 Å². The van der Waals surface area contributed by atoms with E-state index in [1.54, 1.807) is 12.3 Å². The molecule has 0 saturated carbocycles. The van der Waals surface area contributed by atoms with Crippen LogP contribution in [0.2, 0.25) is 0 Å². The molecule has 1 atom stereocenters. The largest absolute Gasteiger partial charge is 0.376 e. The van der Waals surface area contributed by atoms with Crippen molar-refractivity contribution in [2.75, 3.05) is 18.5 Å². The van der Waals surface area contributed by atoms with E-state index in [4.69, 9.17) is 4.74 Å². The third-order valence-corrected chi connectivity index (χ3v) is 3.70. The molecular weight excluding hydrogens is 292 g/mol. The van der Waals surface area contributed by atoms with Crippen LogP contribution in [0.3, 0.4) is 0 Å². The normalized spacial score (nSPS) is 17.0. The van der Waals surface area contributed by atoms with Crippen molar-refractivity contribution in [3.8, 4) is 0 Å². The first-order valence-electron chi connectivity index (χ1n) is 7.82. The number of rotatable bonds is 6. The van der Waals surface area contributed by atoms with Gasteiger partial charge in [0.15, 0.2) is 0 Å². The lowest BCUT2D eigenvalue weighted by molar-refractivity contribution is 0.0853. The Morgan fingerprint density at radius 1 is 1.26 bits per heavy atom. The predicted octanol–water partition coefficient (Wildman–Crippen LogP) is 2.00. The van der Waals surface area contributed by atoms with E-state index < -0.39 is 0 Å². The van der Waals surface area contributed by atoms with Gasteiger partial charge in [-0.05, 0) is 24.5 Å². The van der Waals surface area contributed by atoms with E-state index >= 15 is 0 Å². The summed E-state index contributed by atoms with van der Waals surface area (Å²) >= 11 is 0. The zero-order valence-electron chi connectivity index (χ0n) is 12.9. The minimum atomic E-state index is -0.203. The third kappa shape index (κ3) is 4.50. The molecule has 1 aliphatic heterocycles. The highest BCUT2D eigenvalue weighted by atomic mass is 16.5. The van der Waals surface area contributed by atoms with Crippen molar-refractivity contribution in [1.82, 2.24) is 15.3 Å². The molecule has 2 N–H and O–H groups in total. The van der Waals surface area contributed by atoms with E-state index in [0.717, 1.165) is 25.0 Å². The Bertz CT molecular complexity index is 642. The molecule has 1 aromatic heterocycles. The maximum Gasteiger partial charge on any atom is 0.270 e. The van der Waals surface area contributed by atoms with Gasteiger partial charge in [-0.2, -0.15) is 0 Å². The van der Waals surface area contributed by atoms with Crippen molar-refractivity contribution < 1.29 is 9.53 Å². The van der Waals surface area contributed by atoms with Crippen LogP contribution in [-0.2, 0) is 11.3 Å². The molecule has 23 heavy (non-hydrogen) atoms. The summed E-state index contributed by atoms with van der Waals surface area (Å²) in [5.74, 6) is 0.240. The molecule has 0 radical (unpaired) electrons. The molecule has 1 amide bonds. The molecule has 1 aromatic carbocycles. The smallest absolute Gasteiger partial charge is 0.270 e.